The number of carbonyl (C=O) groups excluding carboxylic acids is 3. The molecular weight excluding hydrogens is 721 g/mol. The Morgan fingerprint density at radius 2 is 0.466 bits per heavy atom. The van der Waals surface area contributed by atoms with Gasteiger partial charge in [0.25, 0.3) is 0 Å². The van der Waals surface area contributed by atoms with Gasteiger partial charge in [0, 0.05) is 19.3 Å². The van der Waals surface area contributed by atoms with Crippen LogP contribution in [0.3, 0.4) is 0 Å². The quantitative estimate of drug-likeness (QED) is 0.0346. The van der Waals surface area contributed by atoms with Crippen LogP contribution in [0, 0.1) is 0 Å². The fraction of sp³-hybridized carbons (Fsp3) is 0.942. The number of rotatable bonds is 48. The third-order valence-corrected chi connectivity index (χ3v) is 11.9. The lowest BCUT2D eigenvalue weighted by atomic mass is 10.0. The van der Waals surface area contributed by atoms with Crippen LogP contribution in [0.25, 0.3) is 0 Å². The van der Waals surface area contributed by atoms with Crippen LogP contribution >= 0.6 is 0 Å². The van der Waals surface area contributed by atoms with E-state index in [0.717, 1.165) is 57.8 Å². The number of esters is 3. The third kappa shape index (κ3) is 45.5. The van der Waals surface area contributed by atoms with Crippen molar-refractivity contribution in [2.75, 3.05) is 13.2 Å². The molecule has 0 N–H and O–H groups in total. The van der Waals surface area contributed by atoms with Crippen LogP contribution in [0.5, 0.6) is 0 Å². The molecule has 0 fully saturated rings. The minimum Gasteiger partial charge on any atom is -0.462 e. The molecule has 0 saturated heterocycles. The van der Waals surface area contributed by atoms with E-state index in [1.807, 2.05) is 0 Å². The lowest BCUT2D eigenvalue weighted by molar-refractivity contribution is -0.167. The Hall–Kier alpha value is -1.59. The van der Waals surface area contributed by atoms with Crippen LogP contribution in [0.15, 0.2) is 0 Å². The molecule has 0 aliphatic rings. The van der Waals surface area contributed by atoms with Crippen LogP contribution in [0.1, 0.15) is 297 Å². The number of hydrogen-bond donors (Lipinski definition) is 0. The summed E-state index contributed by atoms with van der Waals surface area (Å²) in [4.78, 5) is 37.9. The molecule has 0 radical (unpaired) electrons. The van der Waals surface area contributed by atoms with E-state index in [0.29, 0.717) is 19.3 Å². The lowest BCUT2D eigenvalue weighted by Gasteiger charge is -2.18. The second-order valence-corrected chi connectivity index (χ2v) is 17.8. The Balaban J connectivity index is 4.30. The fourth-order valence-corrected chi connectivity index (χ4v) is 7.92. The predicted octanol–water partition coefficient (Wildman–Crippen LogP) is 16.8. The molecule has 0 spiro atoms. The van der Waals surface area contributed by atoms with Gasteiger partial charge in [0.1, 0.15) is 13.2 Å². The molecule has 0 bridgehead atoms. The van der Waals surface area contributed by atoms with E-state index in [2.05, 4.69) is 20.8 Å². The zero-order chi connectivity index (χ0) is 42.3. The van der Waals surface area contributed by atoms with Gasteiger partial charge in [-0.3, -0.25) is 14.4 Å². The molecule has 58 heavy (non-hydrogen) atoms. The predicted molar refractivity (Wildman–Crippen MR) is 247 cm³/mol. The van der Waals surface area contributed by atoms with Gasteiger partial charge in [0.05, 0.1) is 0 Å². The van der Waals surface area contributed by atoms with Gasteiger partial charge < -0.3 is 14.2 Å². The van der Waals surface area contributed by atoms with E-state index in [4.69, 9.17) is 14.2 Å². The first-order valence-corrected chi connectivity index (χ1v) is 26.0. The monoisotopic (exact) mass is 821 g/mol. The Bertz CT molecular complexity index is 811. The Morgan fingerprint density at radius 1 is 0.276 bits per heavy atom. The van der Waals surface area contributed by atoms with E-state index in [-0.39, 0.29) is 31.1 Å². The molecule has 0 unspecified atom stereocenters. The topological polar surface area (TPSA) is 78.9 Å². The van der Waals surface area contributed by atoms with Crippen molar-refractivity contribution < 1.29 is 28.6 Å². The van der Waals surface area contributed by atoms with Gasteiger partial charge in [-0.25, -0.2) is 0 Å². The van der Waals surface area contributed by atoms with E-state index in [1.165, 1.54) is 199 Å². The van der Waals surface area contributed by atoms with Gasteiger partial charge in [0.2, 0.25) is 0 Å². The molecule has 0 aliphatic carbocycles. The molecule has 6 nitrogen and oxygen atoms in total. The highest BCUT2D eigenvalue weighted by Crippen LogP contribution is 2.17. The summed E-state index contributed by atoms with van der Waals surface area (Å²) in [5.41, 5.74) is 0. The maximum atomic E-state index is 12.8. The number of ether oxygens (including phenoxy) is 3. The Morgan fingerprint density at radius 3 is 0.690 bits per heavy atom. The maximum Gasteiger partial charge on any atom is 0.306 e. The standard InChI is InChI=1S/C52H100O6/c1-4-7-10-13-16-19-22-25-27-30-32-35-38-41-44-50(53)56-47-49(58-52(55)46-43-40-37-34-29-24-21-18-15-12-9-6-3)48-57-51(54)45-42-39-36-33-31-28-26-23-20-17-14-11-8-5-2/h49H,4-48H2,1-3H3. The van der Waals surface area contributed by atoms with Crippen molar-refractivity contribution in [3.63, 3.8) is 0 Å². The van der Waals surface area contributed by atoms with Crippen molar-refractivity contribution in [1.82, 2.24) is 0 Å². The van der Waals surface area contributed by atoms with E-state index in [9.17, 15) is 14.4 Å². The first kappa shape index (κ1) is 56.4. The largest absolute Gasteiger partial charge is 0.462 e. The molecule has 0 heterocycles. The molecule has 0 aromatic carbocycles. The lowest BCUT2D eigenvalue weighted by Crippen LogP contribution is -2.30. The van der Waals surface area contributed by atoms with Crippen molar-refractivity contribution in [3.8, 4) is 0 Å². The van der Waals surface area contributed by atoms with Gasteiger partial charge in [0.15, 0.2) is 6.10 Å². The smallest absolute Gasteiger partial charge is 0.306 e. The van der Waals surface area contributed by atoms with E-state index in [1.54, 1.807) is 0 Å². The summed E-state index contributed by atoms with van der Waals surface area (Å²) < 4.78 is 16.8. The third-order valence-electron chi connectivity index (χ3n) is 11.9. The normalized spacial score (nSPS) is 11.4. The van der Waals surface area contributed by atoms with Crippen molar-refractivity contribution in [2.24, 2.45) is 0 Å². The van der Waals surface area contributed by atoms with Crippen LogP contribution in [0.2, 0.25) is 0 Å². The van der Waals surface area contributed by atoms with Crippen LogP contribution in [0.4, 0.5) is 0 Å². The zero-order valence-corrected chi connectivity index (χ0v) is 39.3. The second-order valence-electron chi connectivity index (χ2n) is 17.8. The van der Waals surface area contributed by atoms with Crippen molar-refractivity contribution >= 4 is 17.9 Å². The molecule has 0 aliphatic heterocycles. The summed E-state index contributed by atoms with van der Waals surface area (Å²) in [6.07, 6.45) is 50.8. The highest BCUT2D eigenvalue weighted by Gasteiger charge is 2.19. The van der Waals surface area contributed by atoms with Crippen LogP contribution in [-0.2, 0) is 28.6 Å². The zero-order valence-electron chi connectivity index (χ0n) is 39.3. The van der Waals surface area contributed by atoms with Gasteiger partial charge in [-0.05, 0) is 19.3 Å². The highest BCUT2D eigenvalue weighted by molar-refractivity contribution is 5.71. The van der Waals surface area contributed by atoms with Gasteiger partial charge in [-0.15, -0.1) is 0 Å². The second kappa shape index (κ2) is 48.1. The number of unbranched alkanes of at least 4 members (excludes halogenated alkanes) is 37. The van der Waals surface area contributed by atoms with Gasteiger partial charge in [-0.1, -0.05) is 258 Å². The minimum absolute atomic E-state index is 0.0617. The first-order chi connectivity index (χ1) is 28.5. The average Bonchev–Trinajstić information content (AvgIpc) is 3.22. The van der Waals surface area contributed by atoms with Gasteiger partial charge in [-0.2, -0.15) is 0 Å². The summed E-state index contributed by atoms with van der Waals surface area (Å²) in [5, 5.41) is 0. The molecule has 0 rings (SSSR count). The van der Waals surface area contributed by atoms with Crippen LogP contribution in [-0.4, -0.2) is 37.2 Å². The summed E-state index contributed by atoms with van der Waals surface area (Å²) >= 11 is 0. The summed E-state index contributed by atoms with van der Waals surface area (Å²) in [6, 6.07) is 0. The number of carbonyl (C=O) groups is 3. The maximum absolute atomic E-state index is 12.8. The Kier molecular flexibility index (Phi) is 46.8. The molecule has 0 aromatic rings. The molecular formula is C52H100O6. The number of hydrogen-bond acceptors (Lipinski definition) is 6. The van der Waals surface area contributed by atoms with Crippen molar-refractivity contribution in [1.29, 1.82) is 0 Å². The average molecular weight is 821 g/mol. The molecule has 0 saturated carbocycles. The molecule has 344 valence electrons. The van der Waals surface area contributed by atoms with Crippen LogP contribution < -0.4 is 0 Å². The first-order valence-electron chi connectivity index (χ1n) is 26.0. The molecule has 6 heteroatoms. The molecule has 0 amide bonds. The SMILES string of the molecule is CCCCCCCCCCCCCCCCC(=O)OCC(COC(=O)CCCCCCCCCCCCCCCC)OC(=O)CCCCCCCCCCCCCC. The molecule has 0 atom stereocenters. The van der Waals surface area contributed by atoms with Crippen molar-refractivity contribution in [3.05, 3.63) is 0 Å². The van der Waals surface area contributed by atoms with E-state index >= 15 is 0 Å². The summed E-state index contributed by atoms with van der Waals surface area (Å²) in [5.74, 6) is -0.840. The van der Waals surface area contributed by atoms with Crippen molar-refractivity contribution in [2.45, 2.75) is 303 Å². The van der Waals surface area contributed by atoms with Gasteiger partial charge >= 0.3 is 17.9 Å². The molecule has 0 aromatic heterocycles. The Labute approximate surface area is 361 Å². The van der Waals surface area contributed by atoms with E-state index < -0.39 is 6.10 Å². The fourth-order valence-electron chi connectivity index (χ4n) is 7.92. The highest BCUT2D eigenvalue weighted by atomic mass is 16.6. The summed E-state index contributed by atoms with van der Waals surface area (Å²) in [7, 11) is 0. The minimum atomic E-state index is -0.759. The summed E-state index contributed by atoms with van der Waals surface area (Å²) in [6.45, 7) is 6.68.